The average molecular weight is 286 g/mol. The molecule has 1 rings (SSSR count). The highest BCUT2D eigenvalue weighted by Crippen LogP contribution is 2.30. The molecule has 0 aliphatic carbocycles. The van der Waals surface area contributed by atoms with Gasteiger partial charge in [0.2, 0.25) is 0 Å². The van der Waals surface area contributed by atoms with Crippen molar-refractivity contribution < 1.29 is 24.2 Å². The zero-order chi connectivity index (χ0) is 15.3. The standard InChI is InChI=1S/C13H22N2O5/c1-4-20-10(16)5-7-14(3)12(19)15-8-6-13(2,9-15)11(17)18/h4-9H2,1-3H3,(H,17,18). The number of ether oxygens (including phenoxy) is 1. The van der Waals surface area contributed by atoms with Crippen molar-refractivity contribution in [1.29, 1.82) is 0 Å². The molecule has 7 heteroatoms. The number of carbonyl (C=O) groups is 3. The maximum atomic E-state index is 12.1. The first-order chi connectivity index (χ1) is 9.30. The van der Waals surface area contributed by atoms with Gasteiger partial charge in [-0.15, -0.1) is 0 Å². The minimum Gasteiger partial charge on any atom is -0.481 e. The lowest BCUT2D eigenvalue weighted by molar-refractivity contribution is -0.147. The van der Waals surface area contributed by atoms with Crippen LogP contribution in [0.1, 0.15) is 26.7 Å². The van der Waals surface area contributed by atoms with E-state index in [-0.39, 0.29) is 31.5 Å². The van der Waals surface area contributed by atoms with Gasteiger partial charge in [-0.05, 0) is 20.3 Å². The number of aliphatic carboxylic acids is 1. The monoisotopic (exact) mass is 286 g/mol. The number of urea groups is 1. The number of rotatable bonds is 5. The number of amides is 2. The van der Waals surface area contributed by atoms with Crippen molar-refractivity contribution in [2.24, 2.45) is 5.41 Å². The Hall–Kier alpha value is -1.79. The van der Waals surface area contributed by atoms with Gasteiger partial charge in [-0.25, -0.2) is 4.79 Å². The Kier molecular flexibility index (Phi) is 5.35. The fraction of sp³-hybridized carbons (Fsp3) is 0.769. The van der Waals surface area contributed by atoms with Crippen molar-refractivity contribution in [3.05, 3.63) is 0 Å². The average Bonchev–Trinajstić information content (AvgIpc) is 2.79. The predicted molar refractivity (Wildman–Crippen MR) is 71.2 cm³/mol. The predicted octanol–water partition coefficient (Wildman–Crippen LogP) is 0.788. The first-order valence-electron chi connectivity index (χ1n) is 6.69. The van der Waals surface area contributed by atoms with Crippen LogP contribution in [0.3, 0.4) is 0 Å². The molecule has 1 aliphatic rings. The first-order valence-corrected chi connectivity index (χ1v) is 6.69. The number of likely N-dealkylation sites (tertiary alicyclic amines) is 1. The number of hydrogen-bond acceptors (Lipinski definition) is 4. The van der Waals surface area contributed by atoms with E-state index in [0.29, 0.717) is 19.6 Å². The van der Waals surface area contributed by atoms with E-state index in [0.717, 1.165) is 0 Å². The molecule has 0 aromatic rings. The van der Waals surface area contributed by atoms with Crippen LogP contribution in [0.15, 0.2) is 0 Å². The molecular weight excluding hydrogens is 264 g/mol. The van der Waals surface area contributed by atoms with E-state index in [4.69, 9.17) is 9.84 Å². The van der Waals surface area contributed by atoms with Gasteiger partial charge in [0.1, 0.15) is 0 Å². The third-order valence-corrected chi connectivity index (χ3v) is 3.54. The van der Waals surface area contributed by atoms with Gasteiger partial charge in [0.05, 0.1) is 18.4 Å². The maximum absolute atomic E-state index is 12.1. The molecule has 1 atom stereocenters. The second-order valence-electron chi connectivity index (χ2n) is 5.30. The van der Waals surface area contributed by atoms with Gasteiger partial charge in [0.25, 0.3) is 0 Å². The van der Waals surface area contributed by atoms with Gasteiger partial charge in [-0.3, -0.25) is 9.59 Å². The Morgan fingerprint density at radius 1 is 1.40 bits per heavy atom. The molecule has 1 aliphatic heterocycles. The summed E-state index contributed by atoms with van der Waals surface area (Å²) in [6, 6.07) is -0.251. The minimum absolute atomic E-state index is 0.139. The van der Waals surface area contributed by atoms with Crippen molar-refractivity contribution in [3.63, 3.8) is 0 Å². The van der Waals surface area contributed by atoms with Gasteiger partial charge in [-0.2, -0.15) is 0 Å². The Balaban J connectivity index is 2.46. The number of carbonyl (C=O) groups excluding carboxylic acids is 2. The Labute approximate surface area is 118 Å². The molecule has 1 saturated heterocycles. The van der Waals surface area contributed by atoms with E-state index < -0.39 is 11.4 Å². The number of hydrogen-bond donors (Lipinski definition) is 1. The fourth-order valence-electron chi connectivity index (χ4n) is 2.13. The van der Waals surface area contributed by atoms with Crippen molar-refractivity contribution in [2.45, 2.75) is 26.7 Å². The van der Waals surface area contributed by atoms with Crippen molar-refractivity contribution >= 4 is 18.0 Å². The van der Waals surface area contributed by atoms with Crippen molar-refractivity contribution in [3.8, 4) is 0 Å². The summed E-state index contributed by atoms with van der Waals surface area (Å²) < 4.78 is 4.79. The van der Waals surface area contributed by atoms with Crippen LogP contribution >= 0.6 is 0 Å². The number of nitrogens with zero attached hydrogens (tertiary/aromatic N) is 2. The summed E-state index contributed by atoms with van der Waals surface area (Å²) in [5.74, 6) is -1.23. The topological polar surface area (TPSA) is 87.2 Å². The minimum atomic E-state index is -0.887. The second-order valence-corrected chi connectivity index (χ2v) is 5.30. The molecule has 0 aromatic carbocycles. The summed E-state index contributed by atoms with van der Waals surface area (Å²) in [5, 5.41) is 9.13. The normalized spacial score (nSPS) is 21.6. The lowest BCUT2D eigenvalue weighted by Gasteiger charge is -2.25. The SMILES string of the molecule is CCOC(=O)CCN(C)C(=O)N1CCC(C)(C(=O)O)C1. The molecular formula is C13H22N2O5. The van der Waals surface area contributed by atoms with Gasteiger partial charge in [0, 0.05) is 26.7 Å². The fourth-order valence-corrected chi connectivity index (χ4v) is 2.13. The summed E-state index contributed by atoms with van der Waals surface area (Å²) in [4.78, 5) is 37.4. The lowest BCUT2D eigenvalue weighted by atomic mass is 9.90. The van der Waals surface area contributed by atoms with Crippen LogP contribution in [0.25, 0.3) is 0 Å². The molecule has 114 valence electrons. The summed E-state index contributed by atoms with van der Waals surface area (Å²) in [6.07, 6.45) is 0.583. The van der Waals surface area contributed by atoms with Crippen LogP contribution in [0.2, 0.25) is 0 Å². The van der Waals surface area contributed by atoms with Crippen molar-refractivity contribution in [1.82, 2.24) is 9.80 Å². The van der Waals surface area contributed by atoms with Gasteiger partial charge < -0.3 is 19.6 Å². The van der Waals surface area contributed by atoms with Crippen LogP contribution in [-0.2, 0) is 14.3 Å². The molecule has 2 amide bonds. The zero-order valence-corrected chi connectivity index (χ0v) is 12.2. The van der Waals surface area contributed by atoms with Gasteiger partial charge in [-0.1, -0.05) is 0 Å². The second kappa shape index (κ2) is 6.58. The summed E-state index contributed by atoms with van der Waals surface area (Å²) in [5.41, 5.74) is -0.877. The van der Waals surface area contributed by atoms with E-state index in [1.807, 2.05) is 0 Å². The first kappa shape index (κ1) is 16.3. The Morgan fingerprint density at radius 3 is 2.55 bits per heavy atom. The van der Waals surface area contributed by atoms with E-state index in [1.165, 1.54) is 9.80 Å². The molecule has 7 nitrogen and oxygen atoms in total. The third kappa shape index (κ3) is 3.85. The van der Waals surface area contributed by atoms with E-state index in [2.05, 4.69) is 0 Å². The molecule has 0 bridgehead atoms. The molecule has 20 heavy (non-hydrogen) atoms. The molecule has 1 heterocycles. The zero-order valence-electron chi connectivity index (χ0n) is 12.2. The highest BCUT2D eigenvalue weighted by Gasteiger charge is 2.42. The quantitative estimate of drug-likeness (QED) is 0.755. The van der Waals surface area contributed by atoms with Crippen LogP contribution in [0.5, 0.6) is 0 Å². The summed E-state index contributed by atoms with van der Waals surface area (Å²) in [7, 11) is 1.60. The summed E-state index contributed by atoms with van der Waals surface area (Å²) >= 11 is 0. The molecule has 1 unspecified atom stereocenters. The molecule has 0 radical (unpaired) electrons. The Morgan fingerprint density at radius 2 is 2.05 bits per heavy atom. The molecule has 0 spiro atoms. The molecule has 0 saturated carbocycles. The smallest absolute Gasteiger partial charge is 0.319 e. The molecule has 1 N–H and O–H groups in total. The van der Waals surface area contributed by atoms with Gasteiger partial charge in [0.15, 0.2) is 0 Å². The third-order valence-electron chi connectivity index (χ3n) is 3.54. The Bertz CT molecular complexity index is 398. The molecule has 0 aromatic heterocycles. The van der Waals surface area contributed by atoms with E-state index in [9.17, 15) is 14.4 Å². The van der Waals surface area contributed by atoms with E-state index >= 15 is 0 Å². The number of esters is 1. The van der Waals surface area contributed by atoms with Crippen LogP contribution in [0, 0.1) is 5.41 Å². The van der Waals surface area contributed by atoms with Crippen molar-refractivity contribution in [2.75, 3.05) is 33.3 Å². The van der Waals surface area contributed by atoms with Crippen LogP contribution in [0.4, 0.5) is 4.79 Å². The number of carboxylic acids is 1. The highest BCUT2D eigenvalue weighted by atomic mass is 16.5. The summed E-state index contributed by atoms with van der Waals surface area (Å²) in [6.45, 7) is 4.57. The van der Waals surface area contributed by atoms with Gasteiger partial charge >= 0.3 is 18.0 Å². The number of carboxylic acid groups (broad SMARTS) is 1. The maximum Gasteiger partial charge on any atom is 0.319 e. The molecule has 1 fully saturated rings. The lowest BCUT2D eigenvalue weighted by Crippen LogP contribution is -2.42. The van der Waals surface area contributed by atoms with Crippen LogP contribution < -0.4 is 0 Å². The van der Waals surface area contributed by atoms with Crippen LogP contribution in [-0.4, -0.2) is 66.2 Å². The van der Waals surface area contributed by atoms with E-state index in [1.54, 1.807) is 20.9 Å². The highest BCUT2D eigenvalue weighted by molar-refractivity contribution is 5.79. The largest absolute Gasteiger partial charge is 0.481 e.